The highest BCUT2D eigenvalue weighted by Gasteiger charge is 2.22. The lowest BCUT2D eigenvalue weighted by atomic mass is 10.1. The van der Waals surface area contributed by atoms with E-state index in [1.807, 2.05) is 0 Å². The molecule has 90 valence electrons. The normalized spacial score (nSPS) is 19.3. The molecule has 1 N–H and O–H groups in total. The Morgan fingerprint density at radius 2 is 2.29 bits per heavy atom. The maximum Gasteiger partial charge on any atom is 0.0843 e. The van der Waals surface area contributed by atoms with Crippen LogP contribution in [0.5, 0.6) is 0 Å². The van der Waals surface area contributed by atoms with Crippen LogP contribution in [0.1, 0.15) is 18.9 Å². The summed E-state index contributed by atoms with van der Waals surface area (Å²) in [6.45, 7) is 4.74. The van der Waals surface area contributed by atoms with Crippen molar-refractivity contribution < 1.29 is 0 Å². The van der Waals surface area contributed by atoms with Gasteiger partial charge in [-0.2, -0.15) is 5.26 Å². The van der Waals surface area contributed by atoms with Crippen LogP contribution in [-0.2, 0) is 6.42 Å². The van der Waals surface area contributed by atoms with E-state index >= 15 is 0 Å². The van der Waals surface area contributed by atoms with Crippen LogP contribution in [0.4, 0.5) is 5.69 Å². The Bertz CT molecular complexity index is 408. The van der Waals surface area contributed by atoms with Gasteiger partial charge in [0.05, 0.1) is 12.6 Å². The lowest BCUT2D eigenvalue weighted by molar-refractivity contribution is 0.591. The monoisotopic (exact) mass is 229 g/mol. The van der Waals surface area contributed by atoms with E-state index in [1.165, 1.54) is 11.3 Å². The zero-order valence-corrected chi connectivity index (χ0v) is 10.3. The van der Waals surface area contributed by atoms with Crippen molar-refractivity contribution in [1.29, 1.82) is 5.26 Å². The van der Waals surface area contributed by atoms with Crippen molar-refractivity contribution in [3.63, 3.8) is 0 Å². The van der Waals surface area contributed by atoms with Crippen molar-refractivity contribution in [3.8, 4) is 6.07 Å². The van der Waals surface area contributed by atoms with Gasteiger partial charge < -0.3 is 4.90 Å². The first-order chi connectivity index (χ1) is 8.35. The second kappa shape index (κ2) is 5.70. The van der Waals surface area contributed by atoms with E-state index in [0.717, 1.165) is 25.9 Å². The van der Waals surface area contributed by atoms with Gasteiger partial charge in [-0.3, -0.25) is 5.32 Å². The molecule has 0 radical (unpaired) electrons. The van der Waals surface area contributed by atoms with Crippen molar-refractivity contribution in [2.45, 2.75) is 25.8 Å². The standard InChI is InChI=1S/C14H19N3/c1-2-12-5-3-4-6-14(12)17-10-7-13(11-17)16-9-8-15/h3-6,13,16H,2,7,9-11H2,1H3. The number of aryl methyl sites for hydroxylation is 1. The molecule has 1 heterocycles. The van der Waals surface area contributed by atoms with E-state index in [2.05, 4.69) is 47.5 Å². The Labute approximate surface area is 103 Å². The molecule has 2 rings (SSSR count). The van der Waals surface area contributed by atoms with Gasteiger partial charge in [-0.05, 0) is 24.5 Å². The van der Waals surface area contributed by atoms with Crippen LogP contribution in [0.15, 0.2) is 24.3 Å². The average Bonchev–Trinajstić information content (AvgIpc) is 2.85. The van der Waals surface area contributed by atoms with Crippen LogP contribution in [0, 0.1) is 11.3 Å². The minimum absolute atomic E-state index is 0.452. The van der Waals surface area contributed by atoms with E-state index in [0.29, 0.717) is 12.6 Å². The molecule has 17 heavy (non-hydrogen) atoms. The highest BCUT2D eigenvalue weighted by Crippen LogP contribution is 2.24. The molecule has 1 atom stereocenters. The van der Waals surface area contributed by atoms with E-state index in [-0.39, 0.29) is 0 Å². The number of para-hydroxylation sites is 1. The summed E-state index contributed by atoms with van der Waals surface area (Å²) in [4.78, 5) is 2.42. The van der Waals surface area contributed by atoms with Crippen molar-refractivity contribution in [2.75, 3.05) is 24.5 Å². The molecule has 0 spiro atoms. The van der Waals surface area contributed by atoms with Crippen molar-refractivity contribution in [1.82, 2.24) is 5.32 Å². The molecule has 1 fully saturated rings. The van der Waals surface area contributed by atoms with E-state index in [9.17, 15) is 0 Å². The Balaban J connectivity index is 2.02. The summed E-state index contributed by atoms with van der Waals surface area (Å²) in [6.07, 6.45) is 2.20. The van der Waals surface area contributed by atoms with Crippen molar-refractivity contribution >= 4 is 5.69 Å². The number of nitrogens with zero attached hydrogens (tertiary/aromatic N) is 2. The maximum absolute atomic E-state index is 8.57. The van der Waals surface area contributed by atoms with Gasteiger partial charge >= 0.3 is 0 Å². The molecular formula is C14H19N3. The lowest BCUT2D eigenvalue weighted by Gasteiger charge is -2.21. The zero-order chi connectivity index (χ0) is 12.1. The highest BCUT2D eigenvalue weighted by atomic mass is 15.2. The molecule has 0 saturated carbocycles. The predicted octanol–water partition coefficient (Wildman–Crippen LogP) is 1.94. The molecule has 1 aromatic rings. The summed E-state index contributed by atoms with van der Waals surface area (Å²) in [5, 5.41) is 11.8. The largest absolute Gasteiger partial charge is 0.370 e. The van der Waals surface area contributed by atoms with Crippen LogP contribution in [0.25, 0.3) is 0 Å². The number of nitriles is 1. The molecule has 0 amide bonds. The van der Waals surface area contributed by atoms with Crippen LogP contribution >= 0.6 is 0 Å². The number of nitrogens with one attached hydrogen (secondary N) is 1. The van der Waals surface area contributed by atoms with Gasteiger partial charge in [-0.25, -0.2) is 0 Å². The summed E-state index contributed by atoms with van der Waals surface area (Å²) >= 11 is 0. The van der Waals surface area contributed by atoms with Crippen LogP contribution in [0.2, 0.25) is 0 Å². The summed E-state index contributed by atoms with van der Waals surface area (Å²) < 4.78 is 0. The third-order valence-corrected chi connectivity index (χ3v) is 3.37. The van der Waals surface area contributed by atoms with E-state index in [4.69, 9.17) is 5.26 Å². The fourth-order valence-corrected chi connectivity index (χ4v) is 2.45. The van der Waals surface area contributed by atoms with Gasteiger partial charge in [0.2, 0.25) is 0 Å². The van der Waals surface area contributed by atoms with Gasteiger partial charge in [-0.1, -0.05) is 25.1 Å². The molecule has 1 unspecified atom stereocenters. The van der Waals surface area contributed by atoms with Crippen LogP contribution in [0.3, 0.4) is 0 Å². The lowest BCUT2D eigenvalue weighted by Crippen LogP contribution is -2.32. The molecule has 0 bridgehead atoms. The molecular weight excluding hydrogens is 210 g/mol. The second-order valence-electron chi connectivity index (χ2n) is 4.45. The van der Waals surface area contributed by atoms with Gasteiger partial charge in [-0.15, -0.1) is 0 Å². The third kappa shape index (κ3) is 2.78. The molecule has 1 aromatic carbocycles. The first kappa shape index (κ1) is 11.9. The smallest absolute Gasteiger partial charge is 0.0843 e. The minimum Gasteiger partial charge on any atom is -0.370 e. The predicted molar refractivity (Wildman–Crippen MR) is 70.1 cm³/mol. The Kier molecular flexibility index (Phi) is 4.00. The third-order valence-electron chi connectivity index (χ3n) is 3.37. The number of hydrogen-bond donors (Lipinski definition) is 1. The zero-order valence-electron chi connectivity index (χ0n) is 10.3. The molecule has 3 heteroatoms. The van der Waals surface area contributed by atoms with Gasteiger partial charge in [0.1, 0.15) is 0 Å². The fourth-order valence-electron chi connectivity index (χ4n) is 2.45. The van der Waals surface area contributed by atoms with Gasteiger partial charge in [0.25, 0.3) is 0 Å². The molecule has 1 saturated heterocycles. The van der Waals surface area contributed by atoms with Crippen LogP contribution < -0.4 is 10.2 Å². The summed E-state index contributed by atoms with van der Waals surface area (Å²) in [5.41, 5.74) is 2.77. The molecule has 1 aliphatic rings. The number of rotatable bonds is 4. The SMILES string of the molecule is CCc1ccccc1N1CCC(NCC#N)C1. The summed E-state index contributed by atoms with van der Waals surface area (Å²) in [7, 11) is 0. The first-order valence-corrected chi connectivity index (χ1v) is 6.28. The number of benzene rings is 1. The van der Waals surface area contributed by atoms with E-state index in [1.54, 1.807) is 0 Å². The molecule has 0 aromatic heterocycles. The number of hydrogen-bond acceptors (Lipinski definition) is 3. The van der Waals surface area contributed by atoms with Gasteiger partial charge in [0.15, 0.2) is 0 Å². The second-order valence-corrected chi connectivity index (χ2v) is 4.45. The molecule has 1 aliphatic heterocycles. The first-order valence-electron chi connectivity index (χ1n) is 6.28. The Morgan fingerprint density at radius 3 is 3.06 bits per heavy atom. The fraction of sp³-hybridized carbons (Fsp3) is 0.500. The Hall–Kier alpha value is -1.53. The topological polar surface area (TPSA) is 39.1 Å². The quantitative estimate of drug-likeness (QED) is 0.802. The van der Waals surface area contributed by atoms with Crippen molar-refractivity contribution in [3.05, 3.63) is 29.8 Å². The summed E-state index contributed by atoms with van der Waals surface area (Å²) in [6, 6.07) is 11.2. The maximum atomic E-state index is 8.57. The highest BCUT2D eigenvalue weighted by molar-refractivity contribution is 5.54. The van der Waals surface area contributed by atoms with Gasteiger partial charge in [0, 0.05) is 24.8 Å². The number of anilines is 1. The minimum atomic E-state index is 0.452. The average molecular weight is 229 g/mol. The Morgan fingerprint density at radius 1 is 1.47 bits per heavy atom. The molecule has 0 aliphatic carbocycles. The summed E-state index contributed by atoms with van der Waals surface area (Å²) in [5.74, 6) is 0. The van der Waals surface area contributed by atoms with Crippen molar-refractivity contribution in [2.24, 2.45) is 0 Å². The van der Waals surface area contributed by atoms with Crippen LogP contribution in [-0.4, -0.2) is 25.7 Å². The molecule has 3 nitrogen and oxygen atoms in total. The van der Waals surface area contributed by atoms with E-state index < -0.39 is 0 Å².